The van der Waals surface area contributed by atoms with E-state index in [4.69, 9.17) is 14.2 Å². The fraction of sp³-hybridized carbons (Fsp3) is 0.481. The molecule has 2 aromatic rings. The molecule has 4 heteroatoms. The number of aliphatic hydroxyl groups excluding tert-OH is 1. The van der Waals surface area contributed by atoms with Gasteiger partial charge < -0.3 is 19.3 Å². The standard InChI is InChI=1S/C27H32O4/c1-29-26(21-8-5-9-24(14-21)30-18-19-6-3-2-4-7-19)25-22-12-20-13-23(25)17-27(15-20,16-22)31-11-10-28/h2-9,14,20,22-23,28H,10-13,15-18H2,1H3. The van der Waals surface area contributed by atoms with E-state index in [1.54, 1.807) is 7.11 Å². The van der Waals surface area contributed by atoms with Crippen molar-refractivity contribution in [3.05, 3.63) is 71.3 Å². The number of benzene rings is 2. The molecule has 4 bridgehead atoms. The Balaban J connectivity index is 1.39. The zero-order chi connectivity index (χ0) is 21.3. The van der Waals surface area contributed by atoms with Gasteiger partial charge in [0.25, 0.3) is 0 Å². The molecule has 2 aromatic carbocycles. The first-order chi connectivity index (χ1) is 15.2. The maximum Gasteiger partial charge on any atom is 0.125 e. The summed E-state index contributed by atoms with van der Waals surface area (Å²) in [7, 11) is 1.79. The van der Waals surface area contributed by atoms with Gasteiger partial charge in [0.1, 0.15) is 18.1 Å². The maximum atomic E-state index is 9.27. The van der Waals surface area contributed by atoms with E-state index in [-0.39, 0.29) is 12.2 Å². The highest BCUT2D eigenvalue weighted by molar-refractivity contribution is 5.66. The summed E-state index contributed by atoms with van der Waals surface area (Å²) in [6.07, 6.45) is 5.71. The number of aliphatic hydroxyl groups is 1. The van der Waals surface area contributed by atoms with Crippen molar-refractivity contribution in [1.29, 1.82) is 0 Å². The Labute approximate surface area is 184 Å². The van der Waals surface area contributed by atoms with Crippen molar-refractivity contribution in [3.8, 4) is 5.75 Å². The third kappa shape index (κ3) is 4.11. The van der Waals surface area contributed by atoms with Gasteiger partial charge in [0, 0.05) is 5.56 Å². The van der Waals surface area contributed by atoms with Gasteiger partial charge >= 0.3 is 0 Å². The van der Waals surface area contributed by atoms with E-state index in [1.165, 1.54) is 18.4 Å². The summed E-state index contributed by atoms with van der Waals surface area (Å²) in [6.45, 7) is 1.10. The first kappa shape index (κ1) is 20.6. The lowest BCUT2D eigenvalue weighted by atomic mass is 9.52. The van der Waals surface area contributed by atoms with E-state index < -0.39 is 0 Å². The van der Waals surface area contributed by atoms with Crippen molar-refractivity contribution < 1.29 is 19.3 Å². The Bertz CT molecular complexity index is 917. The van der Waals surface area contributed by atoms with Gasteiger partial charge in [-0.15, -0.1) is 0 Å². The van der Waals surface area contributed by atoms with E-state index in [2.05, 4.69) is 30.3 Å². The largest absolute Gasteiger partial charge is 0.496 e. The Morgan fingerprint density at radius 1 is 1.00 bits per heavy atom. The first-order valence-corrected chi connectivity index (χ1v) is 11.5. The molecule has 2 atom stereocenters. The molecular formula is C27H32O4. The monoisotopic (exact) mass is 420 g/mol. The molecule has 4 aliphatic rings. The molecule has 0 saturated heterocycles. The summed E-state index contributed by atoms with van der Waals surface area (Å²) in [5.41, 5.74) is 3.69. The van der Waals surface area contributed by atoms with Crippen LogP contribution in [0.4, 0.5) is 0 Å². The minimum Gasteiger partial charge on any atom is -0.496 e. The molecule has 164 valence electrons. The van der Waals surface area contributed by atoms with Crippen LogP contribution in [0.3, 0.4) is 0 Å². The van der Waals surface area contributed by atoms with Gasteiger partial charge in [0.15, 0.2) is 0 Å². The van der Waals surface area contributed by atoms with Crippen LogP contribution in [0.15, 0.2) is 60.2 Å². The quantitative estimate of drug-likeness (QED) is 0.596. The van der Waals surface area contributed by atoms with Gasteiger partial charge in [-0.25, -0.2) is 0 Å². The topological polar surface area (TPSA) is 47.9 Å². The van der Waals surface area contributed by atoms with E-state index in [9.17, 15) is 5.11 Å². The molecule has 4 fully saturated rings. The Kier molecular flexibility index (Phi) is 5.77. The van der Waals surface area contributed by atoms with E-state index >= 15 is 0 Å². The molecule has 2 unspecified atom stereocenters. The third-order valence-electron chi connectivity index (χ3n) is 7.32. The number of hydrogen-bond acceptors (Lipinski definition) is 4. The van der Waals surface area contributed by atoms with Crippen LogP contribution in [0.5, 0.6) is 5.75 Å². The van der Waals surface area contributed by atoms with Crippen molar-refractivity contribution in [2.75, 3.05) is 20.3 Å². The summed E-state index contributed by atoms with van der Waals surface area (Å²) < 4.78 is 18.3. The number of ether oxygens (including phenoxy) is 3. The van der Waals surface area contributed by atoms with Crippen LogP contribution in [0, 0.1) is 17.8 Å². The van der Waals surface area contributed by atoms with Crippen LogP contribution in [0.25, 0.3) is 5.76 Å². The highest BCUT2D eigenvalue weighted by Crippen LogP contribution is 2.60. The number of rotatable bonds is 8. The molecule has 0 radical (unpaired) electrons. The smallest absolute Gasteiger partial charge is 0.125 e. The summed E-state index contributed by atoms with van der Waals surface area (Å²) in [5, 5.41) is 9.27. The molecule has 0 amide bonds. The van der Waals surface area contributed by atoms with Crippen LogP contribution in [-0.2, 0) is 16.1 Å². The summed E-state index contributed by atoms with van der Waals surface area (Å²) in [6, 6.07) is 18.5. The van der Waals surface area contributed by atoms with Crippen LogP contribution < -0.4 is 4.74 Å². The molecule has 0 aliphatic heterocycles. The van der Waals surface area contributed by atoms with Gasteiger partial charge in [0.2, 0.25) is 0 Å². The fourth-order valence-electron chi connectivity index (χ4n) is 6.40. The van der Waals surface area contributed by atoms with Crippen molar-refractivity contribution in [3.63, 3.8) is 0 Å². The molecule has 4 aliphatic carbocycles. The van der Waals surface area contributed by atoms with Gasteiger partial charge in [-0.2, -0.15) is 0 Å². The minimum atomic E-state index is -0.0395. The first-order valence-electron chi connectivity index (χ1n) is 11.5. The lowest BCUT2D eigenvalue weighted by Gasteiger charge is -2.57. The number of allylic oxidation sites excluding steroid dienone is 1. The second-order valence-electron chi connectivity index (χ2n) is 9.39. The summed E-state index contributed by atoms with van der Waals surface area (Å²) >= 11 is 0. The zero-order valence-electron chi connectivity index (χ0n) is 18.3. The van der Waals surface area contributed by atoms with Crippen LogP contribution >= 0.6 is 0 Å². The lowest BCUT2D eigenvalue weighted by molar-refractivity contribution is -0.149. The molecule has 0 aromatic heterocycles. The highest BCUT2D eigenvalue weighted by Gasteiger charge is 2.55. The normalized spacial score (nSPS) is 28.6. The second kappa shape index (κ2) is 8.68. The predicted octanol–water partition coefficient (Wildman–Crippen LogP) is 5.21. The Hall–Kier alpha value is -2.30. The maximum absolute atomic E-state index is 9.27. The van der Waals surface area contributed by atoms with E-state index in [1.807, 2.05) is 24.3 Å². The minimum absolute atomic E-state index is 0.0395. The van der Waals surface area contributed by atoms with Gasteiger partial charge in [-0.3, -0.25) is 0 Å². The molecule has 4 saturated carbocycles. The molecule has 4 nitrogen and oxygen atoms in total. The summed E-state index contributed by atoms with van der Waals surface area (Å²) in [5.74, 6) is 3.64. The molecular weight excluding hydrogens is 388 g/mol. The second-order valence-corrected chi connectivity index (χ2v) is 9.39. The van der Waals surface area contributed by atoms with Crippen LogP contribution in [0.1, 0.15) is 43.2 Å². The van der Waals surface area contributed by atoms with Crippen molar-refractivity contribution in [1.82, 2.24) is 0 Å². The third-order valence-corrected chi connectivity index (χ3v) is 7.32. The molecule has 0 spiro atoms. The number of hydrogen-bond donors (Lipinski definition) is 1. The van der Waals surface area contributed by atoms with E-state index in [0.717, 1.165) is 47.8 Å². The highest BCUT2D eigenvalue weighted by atomic mass is 16.5. The van der Waals surface area contributed by atoms with E-state index in [0.29, 0.717) is 25.0 Å². The zero-order valence-corrected chi connectivity index (χ0v) is 18.3. The molecule has 1 N–H and O–H groups in total. The average Bonchev–Trinajstić information content (AvgIpc) is 2.79. The summed E-state index contributed by atoms with van der Waals surface area (Å²) in [4.78, 5) is 0. The molecule has 0 heterocycles. The van der Waals surface area contributed by atoms with Crippen molar-refractivity contribution >= 4 is 5.76 Å². The average molecular weight is 421 g/mol. The Morgan fingerprint density at radius 3 is 2.48 bits per heavy atom. The lowest BCUT2D eigenvalue weighted by Crippen LogP contribution is -2.53. The fourth-order valence-corrected chi connectivity index (χ4v) is 6.40. The van der Waals surface area contributed by atoms with Crippen molar-refractivity contribution in [2.45, 2.75) is 44.3 Å². The van der Waals surface area contributed by atoms with Crippen LogP contribution in [0.2, 0.25) is 0 Å². The molecule has 6 rings (SSSR count). The predicted molar refractivity (Wildman–Crippen MR) is 120 cm³/mol. The van der Waals surface area contributed by atoms with Gasteiger partial charge in [0.05, 0.1) is 25.9 Å². The molecule has 31 heavy (non-hydrogen) atoms. The van der Waals surface area contributed by atoms with Gasteiger partial charge in [-0.05, 0) is 73.1 Å². The number of methoxy groups -OCH3 is 1. The van der Waals surface area contributed by atoms with Crippen LogP contribution in [-0.4, -0.2) is 31.0 Å². The van der Waals surface area contributed by atoms with Crippen molar-refractivity contribution in [2.24, 2.45) is 17.8 Å². The SMILES string of the molecule is COC(=C1C2CC3CC1CC(OCCO)(C3)C2)c1cccc(OCc2ccccc2)c1. The Morgan fingerprint density at radius 2 is 1.77 bits per heavy atom. The van der Waals surface area contributed by atoms with Gasteiger partial charge in [-0.1, -0.05) is 42.5 Å².